The Bertz CT molecular complexity index is 590. The van der Waals surface area contributed by atoms with Crippen molar-refractivity contribution in [3.8, 4) is 11.6 Å². The summed E-state index contributed by atoms with van der Waals surface area (Å²) in [5, 5.41) is 0. The maximum absolute atomic E-state index is 11.9. The van der Waals surface area contributed by atoms with E-state index in [9.17, 15) is 4.79 Å². The molecule has 4 nitrogen and oxygen atoms in total. The average Bonchev–Trinajstić information content (AvgIpc) is 2.41. The summed E-state index contributed by atoms with van der Waals surface area (Å²) in [7, 11) is 0. The van der Waals surface area contributed by atoms with Gasteiger partial charge in [0.2, 0.25) is 0 Å². The molecule has 0 fully saturated rings. The van der Waals surface area contributed by atoms with Crippen molar-refractivity contribution in [2.24, 2.45) is 0 Å². The minimum atomic E-state index is -0.207. The quantitative estimate of drug-likeness (QED) is 0.830. The molecular weight excluding hydrogens is 228 g/mol. The molecule has 0 unspecified atom stereocenters. The van der Waals surface area contributed by atoms with E-state index in [-0.39, 0.29) is 11.4 Å². The smallest absolute Gasteiger partial charge is 0.313 e. The lowest BCUT2D eigenvalue weighted by atomic mass is 10.2. The molecule has 1 heterocycles. The van der Waals surface area contributed by atoms with Crippen molar-refractivity contribution >= 4 is 0 Å². The molecule has 94 valence electrons. The molecule has 0 aliphatic heterocycles. The van der Waals surface area contributed by atoms with Gasteiger partial charge in [-0.3, -0.25) is 4.79 Å². The number of aromatic nitrogens is 2. The van der Waals surface area contributed by atoms with E-state index in [0.29, 0.717) is 12.3 Å². The molecule has 1 aromatic heterocycles. The Balaban J connectivity index is 2.31. The molecule has 18 heavy (non-hydrogen) atoms. The summed E-state index contributed by atoms with van der Waals surface area (Å²) in [6.07, 6.45) is 4.15. The zero-order valence-corrected chi connectivity index (χ0v) is 10.6. The number of nitrogens with zero attached hydrogens (tertiary/aromatic N) is 2. The van der Waals surface area contributed by atoms with E-state index in [0.717, 1.165) is 6.42 Å². The largest absolute Gasteiger partial charge is 0.435 e. The highest BCUT2D eigenvalue weighted by atomic mass is 16.5. The number of rotatable bonds is 4. The molecule has 0 aliphatic carbocycles. The highest BCUT2D eigenvalue weighted by Gasteiger charge is 2.06. The van der Waals surface area contributed by atoms with Gasteiger partial charge in [-0.15, -0.1) is 0 Å². The summed E-state index contributed by atoms with van der Waals surface area (Å²) in [5.74, 6) is 0.764. The van der Waals surface area contributed by atoms with Gasteiger partial charge in [0.1, 0.15) is 5.75 Å². The normalized spacial score (nSPS) is 10.3. The third kappa shape index (κ3) is 2.59. The van der Waals surface area contributed by atoms with Gasteiger partial charge in [0.25, 0.3) is 5.88 Å². The first-order valence-electron chi connectivity index (χ1n) is 6.06. The van der Waals surface area contributed by atoms with Gasteiger partial charge in [0.05, 0.1) is 0 Å². The van der Waals surface area contributed by atoms with E-state index in [4.69, 9.17) is 4.74 Å². The Hall–Kier alpha value is -2.10. The van der Waals surface area contributed by atoms with Crippen LogP contribution in [0.15, 0.2) is 41.5 Å². The Morgan fingerprint density at radius 1 is 1.33 bits per heavy atom. The monoisotopic (exact) mass is 244 g/mol. The maximum atomic E-state index is 11.9. The Labute approximate surface area is 106 Å². The first kappa shape index (κ1) is 12.4. The van der Waals surface area contributed by atoms with Crippen LogP contribution in [0.3, 0.4) is 0 Å². The van der Waals surface area contributed by atoms with Gasteiger partial charge in [-0.1, -0.05) is 19.1 Å². The van der Waals surface area contributed by atoms with Crippen molar-refractivity contribution < 1.29 is 4.74 Å². The Kier molecular flexibility index (Phi) is 3.77. The molecule has 0 radical (unpaired) electrons. The minimum Gasteiger partial charge on any atom is -0.435 e. The van der Waals surface area contributed by atoms with Crippen LogP contribution < -0.4 is 10.3 Å². The van der Waals surface area contributed by atoms with E-state index in [1.54, 1.807) is 17.0 Å². The van der Waals surface area contributed by atoms with Crippen LogP contribution in [0.4, 0.5) is 0 Å². The van der Waals surface area contributed by atoms with Crippen molar-refractivity contribution in [2.45, 2.75) is 26.8 Å². The third-order valence-electron chi connectivity index (χ3n) is 2.74. The van der Waals surface area contributed by atoms with Crippen molar-refractivity contribution in [1.82, 2.24) is 9.55 Å². The lowest BCUT2D eigenvalue weighted by Gasteiger charge is -2.07. The topological polar surface area (TPSA) is 44.1 Å². The van der Waals surface area contributed by atoms with Gasteiger partial charge in [0, 0.05) is 18.9 Å². The predicted octanol–water partition coefficient (Wildman–Crippen LogP) is 2.62. The highest BCUT2D eigenvalue weighted by molar-refractivity contribution is 5.31. The summed E-state index contributed by atoms with van der Waals surface area (Å²) in [6, 6.07) is 7.68. The van der Waals surface area contributed by atoms with Crippen molar-refractivity contribution in [3.05, 3.63) is 52.6 Å². The molecule has 2 rings (SSSR count). The van der Waals surface area contributed by atoms with E-state index < -0.39 is 0 Å². The van der Waals surface area contributed by atoms with Gasteiger partial charge >= 0.3 is 5.56 Å². The SMILES string of the molecule is CCc1cccc(Oc2nccn(CC)c2=O)c1. The van der Waals surface area contributed by atoms with E-state index in [2.05, 4.69) is 11.9 Å². The standard InChI is InChI=1S/C14H16N2O2/c1-3-11-6-5-7-12(10-11)18-13-14(17)16(4-2)9-8-15-13/h5-10H,3-4H2,1-2H3. The first-order valence-corrected chi connectivity index (χ1v) is 6.06. The number of benzene rings is 1. The Morgan fingerprint density at radius 3 is 2.89 bits per heavy atom. The second-order valence-electron chi connectivity index (χ2n) is 3.93. The second-order valence-corrected chi connectivity index (χ2v) is 3.93. The molecule has 0 N–H and O–H groups in total. The predicted molar refractivity (Wildman–Crippen MR) is 70.1 cm³/mol. The highest BCUT2D eigenvalue weighted by Crippen LogP contribution is 2.18. The van der Waals surface area contributed by atoms with Gasteiger partial charge in [0.15, 0.2) is 0 Å². The van der Waals surface area contributed by atoms with Crippen LogP contribution in [0.25, 0.3) is 0 Å². The fraction of sp³-hybridized carbons (Fsp3) is 0.286. The van der Waals surface area contributed by atoms with E-state index >= 15 is 0 Å². The summed E-state index contributed by atoms with van der Waals surface area (Å²) in [6.45, 7) is 4.58. The van der Waals surface area contributed by atoms with Gasteiger partial charge < -0.3 is 9.30 Å². The summed E-state index contributed by atoms with van der Waals surface area (Å²) in [4.78, 5) is 15.9. The van der Waals surface area contributed by atoms with E-state index in [1.165, 1.54) is 5.56 Å². The molecule has 0 bridgehead atoms. The lowest BCUT2D eigenvalue weighted by Crippen LogP contribution is -2.20. The number of hydrogen-bond acceptors (Lipinski definition) is 3. The van der Waals surface area contributed by atoms with Crippen LogP contribution in [0.1, 0.15) is 19.4 Å². The molecule has 4 heteroatoms. The minimum absolute atomic E-state index is 0.118. The zero-order chi connectivity index (χ0) is 13.0. The summed E-state index contributed by atoms with van der Waals surface area (Å²) in [5.41, 5.74) is 0.959. The molecule has 0 aliphatic rings. The van der Waals surface area contributed by atoms with Crippen LogP contribution in [-0.4, -0.2) is 9.55 Å². The van der Waals surface area contributed by atoms with E-state index in [1.807, 2.05) is 31.2 Å². The number of ether oxygens (including phenoxy) is 1. The Morgan fingerprint density at radius 2 is 2.17 bits per heavy atom. The molecule has 1 aromatic carbocycles. The van der Waals surface area contributed by atoms with Crippen LogP contribution in [0, 0.1) is 0 Å². The van der Waals surface area contributed by atoms with Crippen LogP contribution in [0.5, 0.6) is 11.6 Å². The molecule has 0 saturated heterocycles. The van der Waals surface area contributed by atoms with Crippen LogP contribution in [-0.2, 0) is 13.0 Å². The number of aryl methyl sites for hydroxylation is 2. The van der Waals surface area contributed by atoms with Crippen LogP contribution >= 0.6 is 0 Å². The fourth-order valence-corrected chi connectivity index (χ4v) is 1.69. The third-order valence-corrected chi connectivity index (χ3v) is 2.74. The second kappa shape index (κ2) is 5.49. The van der Waals surface area contributed by atoms with Gasteiger partial charge in [-0.05, 0) is 31.0 Å². The van der Waals surface area contributed by atoms with Crippen molar-refractivity contribution in [1.29, 1.82) is 0 Å². The fourth-order valence-electron chi connectivity index (χ4n) is 1.69. The lowest BCUT2D eigenvalue weighted by molar-refractivity contribution is 0.445. The summed E-state index contributed by atoms with van der Waals surface area (Å²) < 4.78 is 7.11. The molecule has 0 amide bonds. The maximum Gasteiger partial charge on any atom is 0.313 e. The molecular formula is C14H16N2O2. The first-order chi connectivity index (χ1) is 8.74. The number of hydrogen-bond donors (Lipinski definition) is 0. The average molecular weight is 244 g/mol. The molecule has 0 spiro atoms. The van der Waals surface area contributed by atoms with Gasteiger partial charge in [-0.25, -0.2) is 4.98 Å². The zero-order valence-electron chi connectivity index (χ0n) is 10.6. The van der Waals surface area contributed by atoms with Gasteiger partial charge in [-0.2, -0.15) is 0 Å². The molecule has 0 saturated carbocycles. The summed E-state index contributed by atoms with van der Waals surface area (Å²) >= 11 is 0. The van der Waals surface area contributed by atoms with Crippen molar-refractivity contribution in [3.63, 3.8) is 0 Å². The van der Waals surface area contributed by atoms with Crippen LogP contribution in [0.2, 0.25) is 0 Å². The van der Waals surface area contributed by atoms with Crippen molar-refractivity contribution in [2.75, 3.05) is 0 Å². The molecule has 2 aromatic rings. The molecule has 0 atom stereocenters.